The van der Waals surface area contributed by atoms with E-state index in [0.29, 0.717) is 11.6 Å². The summed E-state index contributed by atoms with van der Waals surface area (Å²) < 4.78 is 13.7. The fourth-order valence-corrected chi connectivity index (χ4v) is 3.14. The Kier molecular flexibility index (Phi) is 2.94. The number of fused-ring (bicyclic) bond motifs is 1. The summed E-state index contributed by atoms with van der Waals surface area (Å²) in [7, 11) is 0. The number of para-hydroxylation sites is 1. The largest absolute Gasteiger partial charge is 0.331 e. The quantitative estimate of drug-likeness (QED) is 0.783. The molecule has 0 spiro atoms. The van der Waals surface area contributed by atoms with E-state index in [9.17, 15) is 9.18 Å². The Morgan fingerprint density at radius 2 is 1.94 bits per heavy atom. The summed E-state index contributed by atoms with van der Waals surface area (Å²) in [6.07, 6.45) is 5.90. The lowest BCUT2D eigenvalue weighted by atomic mass is 9.80. The van der Waals surface area contributed by atoms with E-state index in [1.54, 1.807) is 6.07 Å². The Morgan fingerprint density at radius 3 is 2.72 bits per heavy atom. The van der Waals surface area contributed by atoms with Crippen molar-refractivity contribution in [2.75, 3.05) is 5.32 Å². The van der Waals surface area contributed by atoms with E-state index < -0.39 is 0 Å². The normalized spacial score (nSPS) is 24.1. The first-order valence-electron chi connectivity index (χ1n) is 6.61. The summed E-state index contributed by atoms with van der Waals surface area (Å²) in [5.41, 5.74) is 1.25. The zero-order valence-corrected chi connectivity index (χ0v) is 10.2. The number of amides is 2. The van der Waals surface area contributed by atoms with Crippen LogP contribution in [0.2, 0.25) is 0 Å². The van der Waals surface area contributed by atoms with Crippen LogP contribution in [-0.4, -0.2) is 6.03 Å². The molecule has 0 radical (unpaired) electrons. The zero-order chi connectivity index (χ0) is 12.5. The van der Waals surface area contributed by atoms with Crippen molar-refractivity contribution in [3.63, 3.8) is 0 Å². The predicted octanol–water partition coefficient (Wildman–Crippen LogP) is 3.58. The summed E-state index contributed by atoms with van der Waals surface area (Å²) in [5, 5.41) is 5.52. The van der Waals surface area contributed by atoms with Gasteiger partial charge in [0, 0.05) is 5.56 Å². The second kappa shape index (κ2) is 4.59. The van der Waals surface area contributed by atoms with Crippen molar-refractivity contribution in [2.24, 2.45) is 5.92 Å². The fraction of sp³-hybridized carbons (Fsp3) is 0.500. The second-order valence-corrected chi connectivity index (χ2v) is 5.18. The van der Waals surface area contributed by atoms with Crippen LogP contribution in [0.1, 0.15) is 43.7 Å². The van der Waals surface area contributed by atoms with E-state index in [-0.39, 0.29) is 17.9 Å². The lowest BCUT2D eigenvalue weighted by Crippen LogP contribution is -2.41. The molecule has 0 aromatic heterocycles. The average Bonchev–Trinajstić information content (AvgIpc) is 2.40. The Balaban J connectivity index is 1.96. The van der Waals surface area contributed by atoms with E-state index >= 15 is 0 Å². The van der Waals surface area contributed by atoms with Crippen molar-refractivity contribution in [1.29, 1.82) is 0 Å². The monoisotopic (exact) mass is 248 g/mol. The van der Waals surface area contributed by atoms with Gasteiger partial charge in [0.25, 0.3) is 0 Å². The first-order valence-corrected chi connectivity index (χ1v) is 6.61. The highest BCUT2D eigenvalue weighted by Gasteiger charge is 2.32. The molecule has 3 nitrogen and oxygen atoms in total. The van der Waals surface area contributed by atoms with Crippen LogP contribution in [0.4, 0.5) is 14.9 Å². The number of nitrogens with one attached hydrogen (secondary N) is 2. The predicted molar refractivity (Wildman–Crippen MR) is 67.9 cm³/mol. The zero-order valence-electron chi connectivity index (χ0n) is 10.2. The number of urea groups is 1. The van der Waals surface area contributed by atoms with Crippen LogP contribution in [0.25, 0.3) is 0 Å². The average molecular weight is 248 g/mol. The lowest BCUT2D eigenvalue weighted by molar-refractivity contribution is 0.229. The number of hydrogen-bond donors (Lipinski definition) is 2. The number of halogens is 1. The molecular weight excluding hydrogens is 231 g/mol. The Morgan fingerprint density at radius 1 is 1.17 bits per heavy atom. The summed E-state index contributed by atoms with van der Waals surface area (Å²) >= 11 is 0. The number of carbonyl (C=O) groups is 1. The van der Waals surface area contributed by atoms with Crippen molar-refractivity contribution in [1.82, 2.24) is 5.32 Å². The molecule has 96 valence electrons. The molecule has 2 aliphatic rings. The van der Waals surface area contributed by atoms with Gasteiger partial charge in [0.15, 0.2) is 0 Å². The minimum absolute atomic E-state index is 0.0373. The number of carbonyl (C=O) groups excluding carboxylic acids is 1. The van der Waals surface area contributed by atoms with Gasteiger partial charge >= 0.3 is 6.03 Å². The molecule has 3 rings (SSSR count). The van der Waals surface area contributed by atoms with Gasteiger partial charge in [-0.05, 0) is 24.8 Å². The highest BCUT2D eigenvalue weighted by Crippen LogP contribution is 2.39. The molecule has 0 bridgehead atoms. The van der Waals surface area contributed by atoms with Crippen LogP contribution in [-0.2, 0) is 0 Å². The summed E-state index contributed by atoms with van der Waals surface area (Å²) in [5.74, 6) is 0.0912. The van der Waals surface area contributed by atoms with Crippen molar-refractivity contribution in [3.8, 4) is 0 Å². The van der Waals surface area contributed by atoms with Crippen LogP contribution >= 0.6 is 0 Å². The molecule has 1 fully saturated rings. The van der Waals surface area contributed by atoms with Gasteiger partial charge in [-0.15, -0.1) is 0 Å². The molecule has 1 aliphatic carbocycles. The summed E-state index contributed by atoms with van der Waals surface area (Å²) in [6, 6.07) is 4.68. The van der Waals surface area contributed by atoms with Gasteiger partial charge in [-0.1, -0.05) is 31.4 Å². The molecule has 2 N–H and O–H groups in total. The topological polar surface area (TPSA) is 41.1 Å². The molecule has 4 heteroatoms. The third-order valence-electron chi connectivity index (χ3n) is 4.03. The van der Waals surface area contributed by atoms with Gasteiger partial charge in [-0.25, -0.2) is 9.18 Å². The maximum absolute atomic E-state index is 13.7. The van der Waals surface area contributed by atoms with Gasteiger partial charge in [0.05, 0.1) is 11.7 Å². The molecule has 1 aromatic rings. The summed E-state index contributed by atoms with van der Waals surface area (Å²) in [4.78, 5) is 11.6. The van der Waals surface area contributed by atoms with E-state index in [0.717, 1.165) is 18.4 Å². The standard InChI is InChI=1S/C14H17FN2O/c15-11-8-4-7-10-12(9-5-2-1-3-6-9)16-14(18)17-13(10)11/h4,7-9,12H,1-3,5-6H2,(H2,16,17,18). The molecule has 1 aromatic carbocycles. The maximum atomic E-state index is 13.7. The van der Waals surface area contributed by atoms with Crippen molar-refractivity contribution in [3.05, 3.63) is 29.6 Å². The number of anilines is 1. The molecular formula is C14H17FN2O. The fourth-order valence-electron chi connectivity index (χ4n) is 3.14. The van der Waals surface area contributed by atoms with Crippen molar-refractivity contribution in [2.45, 2.75) is 38.1 Å². The Hall–Kier alpha value is -1.58. The number of benzene rings is 1. The Labute approximate surface area is 106 Å². The van der Waals surface area contributed by atoms with E-state index in [1.165, 1.54) is 25.3 Å². The molecule has 1 saturated carbocycles. The van der Waals surface area contributed by atoms with Crippen LogP contribution < -0.4 is 10.6 Å². The third-order valence-corrected chi connectivity index (χ3v) is 4.03. The van der Waals surface area contributed by atoms with Gasteiger partial charge < -0.3 is 10.6 Å². The second-order valence-electron chi connectivity index (χ2n) is 5.18. The van der Waals surface area contributed by atoms with Crippen LogP contribution in [0.15, 0.2) is 18.2 Å². The van der Waals surface area contributed by atoms with Gasteiger partial charge in [0.1, 0.15) is 5.82 Å². The van der Waals surface area contributed by atoms with Gasteiger partial charge in [-0.3, -0.25) is 0 Å². The molecule has 1 heterocycles. The first-order chi connectivity index (χ1) is 8.75. The van der Waals surface area contributed by atoms with E-state index in [1.807, 2.05) is 6.07 Å². The van der Waals surface area contributed by atoms with Crippen molar-refractivity contribution < 1.29 is 9.18 Å². The van der Waals surface area contributed by atoms with E-state index in [4.69, 9.17) is 0 Å². The SMILES string of the molecule is O=C1Nc2c(F)cccc2C(C2CCCCC2)N1. The molecule has 2 amide bonds. The Bertz CT molecular complexity index is 469. The van der Waals surface area contributed by atoms with Gasteiger partial charge in [0.2, 0.25) is 0 Å². The minimum Gasteiger partial charge on any atom is -0.331 e. The molecule has 1 unspecified atom stereocenters. The summed E-state index contributed by atoms with van der Waals surface area (Å²) in [6.45, 7) is 0. The molecule has 1 aliphatic heterocycles. The molecule has 0 saturated heterocycles. The number of rotatable bonds is 1. The molecule has 18 heavy (non-hydrogen) atoms. The van der Waals surface area contributed by atoms with Crippen LogP contribution in [0, 0.1) is 11.7 Å². The van der Waals surface area contributed by atoms with E-state index in [2.05, 4.69) is 10.6 Å². The third kappa shape index (κ3) is 1.96. The van der Waals surface area contributed by atoms with Gasteiger partial charge in [-0.2, -0.15) is 0 Å². The van der Waals surface area contributed by atoms with Crippen LogP contribution in [0.3, 0.4) is 0 Å². The maximum Gasteiger partial charge on any atom is 0.319 e. The smallest absolute Gasteiger partial charge is 0.319 e. The highest BCUT2D eigenvalue weighted by molar-refractivity contribution is 5.93. The lowest BCUT2D eigenvalue weighted by Gasteiger charge is -2.35. The van der Waals surface area contributed by atoms with Crippen molar-refractivity contribution >= 4 is 11.7 Å². The minimum atomic E-state index is -0.344. The first kappa shape index (κ1) is 11.5. The highest BCUT2D eigenvalue weighted by atomic mass is 19.1. The van der Waals surface area contributed by atoms with Crippen LogP contribution in [0.5, 0.6) is 0 Å². The number of hydrogen-bond acceptors (Lipinski definition) is 1. The molecule has 1 atom stereocenters.